The number of aromatic nitrogens is 2. The van der Waals surface area contributed by atoms with Crippen molar-refractivity contribution in [1.82, 2.24) is 15.3 Å². The molecule has 27 heavy (non-hydrogen) atoms. The van der Waals surface area contributed by atoms with Crippen LogP contribution in [0.25, 0.3) is 10.2 Å². The minimum Gasteiger partial charge on any atom is -0.454 e. The number of rotatable bonds is 6. The third kappa shape index (κ3) is 4.90. The second-order valence-corrected chi connectivity index (χ2v) is 6.89. The Balaban J connectivity index is 0.00000182. The number of hydrogen-bond donors (Lipinski definition) is 3. The zero-order valence-electron chi connectivity index (χ0n) is 15.3. The molecule has 7 nitrogen and oxygen atoms in total. The molecule has 3 heterocycles. The molecule has 0 bridgehead atoms. The molecule has 0 spiro atoms. The Kier molecular flexibility index (Phi) is 8.49. The van der Waals surface area contributed by atoms with E-state index in [4.69, 9.17) is 10.2 Å². The average molecular weight is 432 g/mol. The van der Waals surface area contributed by atoms with E-state index in [1.165, 1.54) is 10.4 Å². The van der Waals surface area contributed by atoms with Gasteiger partial charge in [-0.05, 0) is 38.1 Å². The molecule has 0 saturated carbocycles. The summed E-state index contributed by atoms with van der Waals surface area (Å²) in [5.41, 5.74) is 6.82. The van der Waals surface area contributed by atoms with E-state index < -0.39 is 0 Å². The van der Waals surface area contributed by atoms with Crippen LogP contribution in [0, 0.1) is 13.8 Å². The molecule has 1 amide bonds. The second kappa shape index (κ2) is 9.89. The average Bonchev–Trinajstić information content (AvgIpc) is 3.18. The Labute approximate surface area is 174 Å². The van der Waals surface area contributed by atoms with Gasteiger partial charge in [-0.3, -0.25) is 4.79 Å². The number of carbonyl (C=O) groups excluding carboxylic acids is 1. The van der Waals surface area contributed by atoms with Crippen molar-refractivity contribution in [2.24, 2.45) is 5.73 Å². The highest BCUT2D eigenvalue weighted by atomic mass is 35.5. The number of thiophene rings is 1. The number of fused-ring (bicyclic) bond motifs is 1. The third-order valence-electron chi connectivity index (χ3n) is 3.99. The van der Waals surface area contributed by atoms with Crippen molar-refractivity contribution in [3.63, 3.8) is 0 Å². The van der Waals surface area contributed by atoms with Gasteiger partial charge in [0.05, 0.1) is 11.9 Å². The van der Waals surface area contributed by atoms with Crippen molar-refractivity contribution in [3.05, 3.63) is 39.9 Å². The Morgan fingerprint density at radius 1 is 1.26 bits per heavy atom. The highest BCUT2D eigenvalue weighted by molar-refractivity contribution is 7.18. The molecule has 0 unspecified atom stereocenters. The summed E-state index contributed by atoms with van der Waals surface area (Å²) < 4.78 is 5.55. The maximum absolute atomic E-state index is 11.6. The lowest BCUT2D eigenvalue weighted by atomic mass is 10.2. The summed E-state index contributed by atoms with van der Waals surface area (Å²) in [6.07, 6.45) is 0.627. The van der Waals surface area contributed by atoms with Crippen molar-refractivity contribution >= 4 is 58.1 Å². The fourth-order valence-corrected chi connectivity index (χ4v) is 3.60. The molecule has 4 N–H and O–H groups in total. The van der Waals surface area contributed by atoms with Crippen LogP contribution in [-0.2, 0) is 13.0 Å². The standard InChI is InChI=1S/C17H21N5O2S.2ClH/c1-9-10(2)25-17-14(9)15(21-13(22-17)6-7-18)20-8-11-4-5-12(24-11)16(23)19-3;;/h4-5H,6-8,18H2,1-3H3,(H,19,23)(H,20,21,22);2*1H. The van der Waals surface area contributed by atoms with Gasteiger partial charge < -0.3 is 20.8 Å². The van der Waals surface area contributed by atoms with Crippen LogP contribution < -0.4 is 16.4 Å². The Morgan fingerprint density at radius 2 is 2.00 bits per heavy atom. The number of amides is 1. The van der Waals surface area contributed by atoms with Gasteiger partial charge in [-0.25, -0.2) is 9.97 Å². The highest BCUT2D eigenvalue weighted by Gasteiger charge is 2.15. The number of hydrogen-bond acceptors (Lipinski definition) is 7. The fourth-order valence-electron chi connectivity index (χ4n) is 2.55. The number of carbonyl (C=O) groups is 1. The van der Waals surface area contributed by atoms with Crippen LogP contribution in [-0.4, -0.2) is 29.5 Å². The Hall–Kier alpha value is -1.87. The molecule has 0 atom stereocenters. The minimum absolute atomic E-state index is 0. The number of nitrogens with two attached hydrogens (primary N) is 1. The van der Waals surface area contributed by atoms with E-state index in [1.807, 2.05) is 0 Å². The van der Waals surface area contributed by atoms with E-state index in [0.29, 0.717) is 31.0 Å². The predicted octanol–water partition coefficient (Wildman–Crippen LogP) is 3.22. The molecule has 0 aliphatic heterocycles. The fraction of sp³-hybridized carbons (Fsp3) is 0.353. The predicted molar refractivity (Wildman–Crippen MR) is 114 cm³/mol. The molecule has 10 heteroatoms. The normalized spacial score (nSPS) is 10.2. The number of anilines is 1. The van der Waals surface area contributed by atoms with Gasteiger partial charge in [-0.1, -0.05) is 0 Å². The van der Waals surface area contributed by atoms with Gasteiger partial charge in [-0.2, -0.15) is 0 Å². The number of nitrogens with one attached hydrogen (secondary N) is 2. The quantitative estimate of drug-likeness (QED) is 0.552. The van der Waals surface area contributed by atoms with Crippen LogP contribution in [0.1, 0.15) is 32.6 Å². The lowest BCUT2D eigenvalue weighted by Crippen LogP contribution is -2.16. The highest BCUT2D eigenvalue weighted by Crippen LogP contribution is 2.33. The van der Waals surface area contributed by atoms with Crippen molar-refractivity contribution in [3.8, 4) is 0 Å². The van der Waals surface area contributed by atoms with Crippen molar-refractivity contribution < 1.29 is 9.21 Å². The zero-order chi connectivity index (χ0) is 18.0. The van der Waals surface area contributed by atoms with E-state index in [0.717, 1.165) is 21.9 Å². The number of halogens is 2. The smallest absolute Gasteiger partial charge is 0.286 e. The van der Waals surface area contributed by atoms with Gasteiger partial charge in [0.25, 0.3) is 5.91 Å². The summed E-state index contributed by atoms with van der Waals surface area (Å²) >= 11 is 1.66. The molecular formula is C17H23Cl2N5O2S. The molecular weight excluding hydrogens is 409 g/mol. The molecule has 3 rings (SSSR count). The topological polar surface area (TPSA) is 106 Å². The van der Waals surface area contributed by atoms with Crippen LogP contribution in [0.3, 0.4) is 0 Å². The van der Waals surface area contributed by atoms with Crippen molar-refractivity contribution in [1.29, 1.82) is 0 Å². The first-order chi connectivity index (χ1) is 12.0. The minimum atomic E-state index is -0.245. The zero-order valence-corrected chi connectivity index (χ0v) is 17.7. The maximum atomic E-state index is 11.6. The molecule has 0 aromatic carbocycles. The summed E-state index contributed by atoms with van der Waals surface area (Å²) in [5.74, 6) is 2.21. The summed E-state index contributed by atoms with van der Waals surface area (Å²) in [4.78, 5) is 23.0. The molecule has 0 aliphatic rings. The van der Waals surface area contributed by atoms with E-state index in [2.05, 4.69) is 34.4 Å². The number of furan rings is 1. The summed E-state index contributed by atoms with van der Waals surface area (Å²) in [5, 5.41) is 6.89. The van der Waals surface area contributed by atoms with Crippen LogP contribution in [0.2, 0.25) is 0 Å². The van der Waals surface area contributed by atoms with Crippen molar-refractivity contribution in [2.45, 2.75) is 26.8 Å². The lowest BCUT2D eigenvalue weighted by Gasteiger charge is -2.08. The van der Waals surface area contributed by atoms with E-state index in [1.54, 1.807) is 30.5 Å². The van der Waals surface area contributed by atoms with E-state index >= 15 is 0 Å². The second-order valence-electron chi connectivity index (χ2n) is 5.69. The molecule has 3 aromatic heterocycles. The summed E-state index contributed by atoms with van der Waals surface area (Å²) in [6.45, 7) is 5.08. The van der Waals surface area contributed by atoms with Gasteiger partial charge in [0.1, 0.15) is 22.2 Å². The molecule has 0 fully saturated rings. The van der Waals surface area contributed by atoms with Crippen LogP contribution in [0.5, 0.6) is 0 Å². The SMILES string of the molecule is CNC(=O)c1ccc(CNc2nc(CCN)nc3sc(C)c(C)c23)o1.Cl.Cl. The van der Waals surface area contributed by atoms with E-state index in [9.17, 15) is 4.79 Å². The summed E-state index contributed by atoms with van der Waals surface area (Å²) in [7, 11) is 1.57. The first kappa shape index (κ1) is 23.2. The monoisotopic (exact) mass is 431 g/mol. The molecule has 3 aromatic rings. The van der Waals surface area contributed by atoms with Gasteiger partial charge in [0.15, 0.2) is 5.76 Å². The maximum Gasteiger partial charge on any atom is 0.286 e. The Bertz CT molecular complexity index is 926. The van der Waals surface area contributed by atoms with Gasteiger partial charge in [0, 0.05) is 18.3 Å². The number of aryl methyl sites for hydroxylation is 2. The molecule has 0 saturated heterocycles. The van der Waals surface area contributed by atoms with Crippen molar-refractivity contribution in [2.75, 3.05) is 18.9 Å². The first-order valence-corrected chi connectivity index (χ1v) is 8.86. The van der Waals surface area contributed by atoms with Crippen LogP contribution in [0.4, 0.5) is 5.82 Å². The molecule has 0 aliphatic carbocycles. The third-order valence-corrected chi connectivity index (χ3v) is 5.09. The largest absolute Gasteiger partial charge is 0.454 e. The van der Waals surface area contributed by atoms with E-state index in [-0.39, 0.29) is 30.7 Å². The first-order valence-electron chi connectivity index (χ1n) is 8.04. The summed E-state index contributed by atoms with van der Waals surface area (Å²) in [6, 6.07) is 3.44. The molecule has 148 valence electrons. The van der Waals surface area contributed by atoms with Crippen LogP contribution >= 0.6 is 36.2 Å². The number of nitrogens with zero attached hydrogens (tertiary/aromatic N) is 2. The van der Waals surface area contributed by atoms with Gasteiger partial charge in [0.2, 0.25) is 0 Å². The lowest BCUT2D eigenvalue weighted by molar-refractivity contribution is 0.0934. The van der Waals surface area contributed by atoms with Gasteiger partial charge in [-0.15, -0.1) is 36.2 Å². The Morgan fingerprint density at radius 3 is 2.67 bits per heavy atom. The van der Waals surface area contributed by atoms with Gasteiger partial charge >= 0.3 is 0 Å². The van der Waals surface area contributed by atoms with Crippen LogP contribution in [0.15, 0.2) is 16.5 Å². The molecule has 0 radical (unpaired) electrons.